The van der Waals surface area contributed by atoms with Crippen LogP contribution in [-0.4, -0.2) is 20.0 Å². The van der Waals surface area contributed by atoms with E-state index in [1.54, 1.807) is 0 Å². The minimum atomic E-state index is 0.840. The Hall–Kier alpha value is -2.62. The lowest BCUT2D eigenvalue weighted by atomic mass is 10.2. The number of para-hydroxylation sites is 2. The molecule has 18 heavy (non-hydrogen) atoms. The Balaban J connectivity index is 2.08. The summed E-state index contributed by atoms with van der Waals surface area (Å²) < 4.78 is 1.87. The number of nitrogens with zero attached hydrogens (tertiary/aromatic N) is 3. The van der Waals surface area contributed by atoms with Crippen molar-refractivity contribution in [3.05, 3.63) is 54.7 Å². The Morgan fingerprint density at radius 3 is 2.78 bits per heavy atom. The second kappa shape index (κ2) is 3.43. The van der Waals surface area contributed by atoms with Gasteiger partial charge in [-0.3, -0.25) is 5.10 Å². The largest absolute Gasteiger partial charge is 0.276 e. The van der Waals surface area contributed by atoms with Crippen molar-refractivity contribution in [2.24, 2.45) is 0 Å². The lowest BCUT2D eigenvalue weighted by Crippen LogP contribution is -1.96. The molecule has 1 N–H and O–H groups in total. The van der Waals surface area contributed by atoms with E-state index >= 15 is 0 Å². The van der Waals surface area contributed by atoms with Gasteiger partial charge in [-0.25, -0.2) is 4.68 Å². The number of H-pyrrole nitrogens is 1. The van der Waals surface area contributed by atoms with Gasteiger partial charge in [-0.05, 0) is 18.2 Å². The quantitative estimate of drug-likeness (QED) is 0.550. The van der Waals surface area contributed by atoms with Crippen LogP contribution in [0.5, 0.6) is 0 Å². The Kier molecular flexibility index (Phi) is 1.80. The summed E-state index contributed by atoms with van der Waals surface area (Å²) in [5, 5.41) is 14.0. The molecule has 0 aliphatic rings. The minimum Gasteiger partial charge on any atom is -0.276 e. The van der Waals surface area contributed by atoms with Crippen molar-refractivity contribution in [3.8, 4) is 5.82 Å². The standard InChI is InChI=1S/C14H10N4/c1-4-8-13-10(5-1)9-15-18(13)14-11-6-2-3-7-12(11)16-17-14/h1-9H,(H,16,17). The van der Waals surface area contributed by atoms with E-state index in [-0.39, 0.29) is 0 Å². The van der Waals surface area contributed by atoms with Crippen molar-refractivity contribution in [2.45, 2.75) is 0 Å². The molecule has 0 amide bonds. The third kappa shape index (κ3) is 1.20. The highest BCUT2D eigenvalue weighted by molar-refractivity contribution is 5.88. The summed E-state index contributed by atoms with van der Waals surface area (Å²) in [4.78, 5) is 0. The van der Waals surface area contributed by atoms with Crippen molar-refractivity contribution in [3.63, 3.8) is 0 Å². The summed E-state index contributed by atoms with van der Waals surface area (Å²) in [5.41, 5.74) is 2.09. The number of fused-ring (bicyclic) bond motifs is 2. The Morgan fingerprint density at radius 2 is 1.78 bits per heavy atom. The molecule has 0 bridgehead atoms. The Labute approximate surface area is 103 Å². The zero-order chi connectivity index (χ0) is 11.9. The lowest BCUT2D eigenvalue weighted by molar-refractivity contribution is 0.867. The number of rotatable bonds is 1. The molecule has 0 saturated heterocycles. The first kappa shape index (κ1) is 9.41. The molecule has 2 heterocycles. The summed E-state index contributed by atoms with van der Waals surface area (Å²) in [5.74, 6) is 0.840. The van der Waals surface area contributed by atoms with Crippen LogP contribution < -0.4 is 0 Å². The summed E-state index contributed by atoms with van der Waals surface area (Å²) in [6, 6.07) is 16.2. The zero-order valence-corrected chi connectivity index (χ0v) is 9.54. The molecule has 4 rings (SSSR count). The second-order valence-electron chi connectivity index (χ2n) is 4.21. The molecule has 4 aromatic rings. The van der Waals surface area contributed by atoms with Crippen LogP contribution in [0, 0.1) is 0 Å². The van der Waals surface area contributed by atoms with E-state index in [1.807, 2.05) is 59.4 Å². The van der Waals surface area contributed by atoms with Gasteiger partial charge in [0.05, 0.1) is 17.2 Å². The molecule has 0 spiro atoms. The molecule has 0 fully saturated rings. The van der Waals surface area contributed by atoms with Gasteiger partial charge in [0.2, 0.25) is 0 Å². The maximum absolute atomic E-state index is 4.42. The van der Waals surface area contributed by atoms with E-state index in [0.29, 0.717) is 0 Å². The summed E-state index contributed by atoms with van der Waals surface area (Å²) in [7, 11) is 0. The molecular weight excluding hydrogens is 224 g/mol. The lowest BCUT2D eigenvalue weighted by Gasteiger charge is -1.99. The molecule has 4 nitrogen and oxygen atoms in total. The van der Waals surface area contributed by atoms with Gasteiger partial charge >= 0.3 is 0 Å². The van der Waals surface area contributed by atoms with Gasteiger partial charge < -0.3 is 0 Å². The molecule has 0 aliphatic heterocycles. The molecule has 2 aromatic carbocycles. The third-order valence-electron chi connectivity index (χ3n) is 3.13. The van der Waals surface area contributed by atoms with Crippen LogP contribution in [0.2, 0.25) is 0 Å². The predicted octanol–water partition coefficient (Wildman–Crippen LogP) is 2.90. The molecule has 86 valence electrons. The SMILES string of the molecule is c1ccc2c(c1)cnn2-c1n[nH]c2ccccc12. The van der Waals surface area contributed by atoms with Crippen molar-refractivity contribution in [2.75, 3.05) is 0 Å². The average molecular weight is 234 g/mol. The van der Waals surface area contributed by atoms with Gasteiger partial charge in [0.25, 0.3) is 0 Å². The molecule has 4 heteroatoms. The van der Waals surface area contributed by atoms with Crippen LogP contribution in [0.25, 0.3) is 27.6 Å². The monoisotopic (exact) mass is 234 g/mol. The van der Waals surface area contributed by atoms with Crippen LogP contribution in [-0.2, 0) is 0 Å². The molecule has 0 aliphatic carbocycles. The van der Waals surface area contributed by atoms with Gasteiger partial charge in [-0.1, -0.05) is 30.3 Å². The van der Waals surface area contributed by atoms with E-state index in [9.17, 15) is 0 Å². The summed E-state index contributed by atoms with van der Waals surface area (Å²) >= 11 is 0. The molecule has 0 radical (unpaired) electrons. The fraction of sp³-hybridized carbons (Fsp3) is 0. The van der Waals surface area contributed by atoms with Crippen LogP contribution in [0.1, 0.15) is 0 Å². The van der Waals surface area contributed by atoms with Gasteiger partial charge in [0.15, 0.2) is 5.82 Å². The van der Waals surface area contributed by atoms with Gasteiger partial charge in [0, 0.05) is 10.8 Å². The zero-order valence-electron chi connectivity index (χ0n) is 9.54. The fourth-order valence-corrected chi connectivity index (χ4v) is 2.25. The normalized spacial score (nSPS) is 11.3. The van der Waals surface area contributed by atoms with Crippen molar-refractivity contribution in [1.82, 2.24) is 20.0 Å². The first-order valence-electron chi connectivity index (χ1n) is 5.80. The molecule has 0 unspecified atom stereocenters. The average Bonchev–Trinajstić information content (AvgIpc) is 3.01. The number of aromatic amines is 1. The number of nitrogens with one attached hydrogen (secondary N) is 1. The number of hydrogen-bond donors (Lipinski definition) is 1. The highest BCUT2D eigenvalue weighted by atomic mass is 15.3. The van der Waals surface area contributed by atoms with Crippen LogP contribution in [0.15, 0.2) is 54.7 Å². The van der Waals surface area contributed by atoms with Crippen molar-refractivity contribution in [1.29, 1.82) is 0 Å². The van der Waals surface area contributed by atoms with E-state index in [0.717, 1.165) is 27.6 Å². The van der Waals surface area contributed by atoms with E-state index < -0.39 is 0 Å². The van der Waals surface area contributed by atoms with Crippen LogP contribution in [0.4, 0.5) is 0 Å². The third-order valence-corrected chi connectivity index (χ3v) is 3.13. The second-order valence-corrected chi connectivity index (χ2v) is 4.21. The molecule has 0 saturated carbocycles. The van der Waals surface area contributed by atoms with Crippen molar-refractivity contribution < 1.29 is 0 Å². The Morgan fingerprint density at radius 1 is 0.944 bits per heavy atom. The van der Waals surface area contributed by atoms with E-state index in [4.69, 9.17) is 0 Å². The van der Waals surface area contributed by atoms with Crippen LogP contribution in [0.3, 0.4) is 0 Å². The fourth-order valence-electron chi connectivity index (χ4n) is 2.25. The van der Waals surface area contributed by atoms with Crippen molar-refractivity contribution >= 4 is 21.8 Å². The van der Waals surface area contributed by atoms with Crippen LogP contribution >= 0.6 is 0 Å². The highest BCUT2D eigenvalue weighted by Gasteiger charge is 2.10. The number of benzene rings is 2. The first-order valence-corrected chi connectivity index (χ1v) is 5.80. The smallest absolute Gasteiger partial charge is 0.183 e. The maximum Gasteiger partial charge on any atom is 0.183 e. The van der Waals surface area contributed by atoms with Gasteiger partial charge in [-0.15, -0.1) is 0 Å². The summed E-state index contributed by atoms with van der Waals surface area (Å²) in [6.07, 6.45) is 1.86. The topological polar surface area (TPSA) is 46.5 Å². The number of aromatic nitrogens is 4. The molecular formula is C14H10N4. The summed E-state index contributed by atoms with van der Waals surface area (Å²) in [6.45, 7) is 0. The minimum absolute atomic E-state index is 0.840. The maximum atomic E-state index is 4.42. The first-order chi connectivity index (χ1) is 8.93. The van der Waals surface area contributed by atoms with Gasteiger partial charge in [0.1, 0.15) is 0 Å². The Bertz CT molecular complexity index is 769. The predicted molar refractivity (Wildman–Crippen MR) is 70.7 cm³/mol. The molecule has 0 atom stereocenters. The molecule has 2 aromatic heterocycles. The van der Waals surface area contributed by atoms with Gasteiger partial charge in [-0.2, -0.15) is 10.2 Å². The van der Waals surface area contributed by atoms with E-state index in [1.165, 1.54) is 0 Å². The highest BCUT2D eigenvalue weighted by Crippen LogP contribution is 2.22. The number of hydrogen-bond acceptors (Lipinski definition) is 2. The van der Waals surface area contributed by atoms with E-state index in [2.05, 4.69) is 15.3 Å².